The van der Waals surface area contributed by atoms with Crippen LogP contribution in [0.15, 0.2) is 30.5 Å². The van der Waals surface area contributed by atoms with Gasteiger partial charge in [0.15, 0.2) is 0 Å². The summed E-state index contributed by atoms with van der Waals surface area (Å²) in [4.78, 5) is 5.82. The number of benzene rings is 1. The molecule has 0 spiro atoms. The number of H-pyrrole nitrogens is 1. The number of nitrogens with zero attached hydrogens (tertiary/aromatic N) is 1. The molecule has 0 aliphatic carbocycles. The molecule has 3 rings (SSSR count). The Morgan fingerprint density at radius 3 is 2.67 bits per heavy atom. The van der Waals surface area contributed by atoms with E-state index >= 15 is 0 Å². The van der Waals surface area contributed by atoms with Gasteiger partial charge in [-0.3, -0.25) is 4.90 Å². The predicted octanol–water partition coefficient (Wildman–Crippen LogP) is 2.31. The Hall–Kier alpha value is -1.32. The van der Waals surface area contributed by atoms with E-state index in [0.29, 0.717) is 0 Å². The Morgan fingerprint density at radius 2 is 1.89 bits per heavy atom. The van der Waals surface area contributed by atoms with Crippen LogP contribution in [0.1, 0.15) is 19.4 Å². The van der Waals surface area contributed by atoms with Crippen molar-refractivity contribution in [2.24, 2.45) is 0 Å². The van der Waals surface area contributed by atoms with E-state index in [1.165, 1.54) is 16.5 Å². The topological polar surface area (TPSA) is 31.1 Å². The average Bonchev–Trinajstić information content (AvgIpc) is 2.87. The minimum atomic E-state index is 0.105. The lowest BCUT2D eigenvalue weighted by molar-refractivity contribution is 0.103. The zero-order valence-electron chi connectivity index (χ0n) is 11.2. The van der Waals surface area contributed by atoms with Gasteiger partial charge in [-0.1, -0.05) is 6.07 Å². The lowest BCUT2D eigenvalue weighted by Gasteiger charge is -2.41. The molecule has 3 heteroatoms. The fourth-order valence-electron chi connectivity index (χ4n) is 2.84. The highest BCUT2D eigenvalue weighted by Crippen LogP contribution is 2.30. The van der Waals surface area contributed by atoms with Crippen LogP contribution in [0.2, 0.25) is 0 Å². The molecule has 0 radical (unpaired) electrons. The van der Waals surface area contributed by atoms with Gasteiger partial charge in [-0.15, -0.1) is 0 Å². The summed E-state index contributed by atoms with van der Waals surface area (Å²) >= 11 is 0. The maximum Gasteiger partial charge on any atom is 0.0454 e. The fraction of sp³-hybridized carbons (Fsp3) is 0.467. The lowest BCUT2D eigenvalue weighted by Crippen LogP contribution is -2.51. The summed E-state index contributed by atoms with van der Waals surface area (Å²) in [7, 11) is 0. The third kappa shape index (κ3) is 1.93. The minimum Gasteiger partial charge on any atom is -0.361 e. The largest absolute Gasteiger partial charge is 0.361 e. The van der Waals surface area contributed by atoms with Gasteiger partial charge in [-0.05, 0) is 43.0 Å². The van der Waals surface area contributed by atoms with Gasteiger partial charge in [0.2, 0.25) is 0 Å². The monoisotopic (exact) mass is 243 g/mol. The maximum absolute atomic E-state index is 3.42. The number of nitrogens with one attached hydrogen (secondary N) is 2. The summed E-state index contributed by atoms with van der Waals surface area (Å²) in [5, 5.41) is 4.72. The Morgan fingerprint density at radius 1 is 1.11 bits per heavy atom. The molecule has 0 unspecified atom stereocenters. The summed E-state index contributed by atoms with van der Waals surface area (Å²) in [6.45, 7) is 9.08. The van der Waals surface area contributed by atoms with Crippen LogP contribution in [0.3, 0.4) is 0 Å². The first kappa shape index (κ1) is 11.8. The molecule has 1 aliphatic rings. The molecule has 0 bridgehead atoms. The van der Waals surface area contributed by atoms with Crippen molar-refractivity contribution < 1.29 is 0 Å². The van der Waals surface area contributed by atoms with Crippen LogP contribution in [0.5, 0.6) is 0 Å². The Balaban J connectivity index is 1.95. The van der Waals surface area contributed by atoms with E-state index in [0.717, 1.165) is 26.2 Å². The molecule has 18 heavy (non-hydrogen) atoms. The number of fused-ring (bicyclic) bond motifs is 1. The van der Waals surface area contributed by atoms with Gasteiger partial charge in [-0.2, -0.15) is 0 Å². The smallest absolute Gasteiger partial charge is 0.0454 e. The molecule has 96 valence electrons. The first-order valence-electron chi connectivity index (χ1n) is 6.71. The zero-order valence-corrected chi connectivity index (χ0v) is 11.2. The number of rotatable bonds is 2. The average molecular weight is 243 g/mol. The van der Waals surface area contributed by atoms with Gasteiger partial charge >= 0.3 is 0 Å². The second-order valence-corrected chi connectivity index (χ2v) is 5.58. The Kier molecular flexibility index (Phi) is 2.88. The van der Waals surface area contributed by atoms with E-state index in [4.69, 9.17) is 0 Å². The molecule has 1 aliphatic heterocycles. The van der Waals surface area contributed by atoms with E-state index in [1.54, 1.807) is 0 Å². The van der Waals surface area contributed by atoms with Crippen molar-refractivity contribution in [1.29, 1.82) is 0 Å². The van der Waals surface area contributed by atoms with Gasteiger partial charge < -0.3 is 10.3 Å². The van der Waals surface area contributed by atoms with E-state index in [-0.39, 0.29) is 5.54 Å². The van der Waals surface area contributed by atoms with Crippen molar-refractivity contribution in [3.8, 4) is 0 Å². The highest BCUT2D eigenvalue weighted by Gasteiger charge is 2.29. The summed E-state index contributed by atoms with van der Waals surface area (Å²) in [6.07, 6.45) is 2.01. The lowest BCUT2D eigenvalue weighted by atomic mass is 9.91. The number of aromatic amines is 1. The molecule has 1 aromatic carbocycles. The van der Waals surface area contributed by atoms with Crippen LogP contribution in [0.4, 0.5) is 0 Å². The molecule has 3 nitrogen and oxygen atoms in total. The van der Waals surface area contributed by atoms with Crippen LogP contribution in [-0.4, -0.2) is 36.1 Å². The zero-order chi connectivity index (χ0) is 12.6. The molecule has 2 heterocycles. The fourth-order valence-corrected chi connectivity index (χ4v) is 2.84. The number of hydrogen-bond acceptors (Lipinski definition) is 2. The summed E-state index contributed by atoms with van der Waals surface area (Å²) in [6, 6.07) is 8.90. The van der Waals surface area contributed by atoms with Gasteiger partial charge in [0.05, 0.1) is 0 Å². The number of aromatic nitrogens is 1. The quantitative estimate of drug-likeness (QED) is 0.848. The first-order valence-corrected chi connectivity index (χ1v) is 6.71. The molecule has 2 aromatic rings. The Labute approximate surface area is 108 Å². The van der Waals surface area contributed by atoms with E-state index in [9.17, 15) is 0 Å². The molecule has 1 fully saturated rings. The van der Waals surface area contributed by atoms with Gasteiger partial charge in [0.1, 0.15) is 0 Å². The van der Waals surface area contributed by atoms with Crippen molar-refractivity contribution in [3.63, 3.8) is 0 Å². The summed E-state index contributed by atoms with van der Waals surface area (Å²) < 4.78 is 0. The first-order chi connectivity index (χ1) is 8.68. The molecule has 0 amide bonds. The van der Waals surface area contributed by atoms with E-state index in [2.05, 4.69) is 53.3 Å². The molecule has 1 aromatic heterocycles. The molecule has 1 saturated heterocycles. The molecular weight excluding hydrogens is 222 g/mol. The van der Waals surface area contributed by atoms with Crippen molar-refractivity contribution in [2.75, 3.05) is 26.2 Å². The van der Waals surface area contributed by atoms with Gasteiger partial charge in [0.25, 0.3) is 0 Å². The molecule has 0 saturated carbocycles. The second-order valence-electron chi connectivity index (χ2n) is 5.58. The highest BCUT2D eigenvalue weighted by molar-refractivity contribution is 5.80. The summed E-state index contributed by atoms with van der Waals surface area (Å²) in [5.41, 5.74) is 2.72. The van der Waals surface area contributed by atoms with Crippen molar-refractivity contribution in [3.05, 3.63) is 36.0 Å². The minimum absolute atomic E-state index is 0.105. The van der Waals surface area contributed by atoms with Crippen molar-refractivity contribution in [1.82, 2.24) is 15.2 Å². The van der Waals surface area contributed by atoms with Crippen molar-refractivity contribution in [2.45, 2.75) is 19.4 Å². The summed E-state index contributed by atoms with van der Waals surface area (Å²) in [5.74, 6) is 0. The van der Waals surface area contributed by atoms with Crippen molar-refractivity contribution >= 4 is 10.9 Å². The molecular formula is C15H21N3. The second kappa shape index (κ2) is 4.41. The van der Waals surface area contributed by atoms with Crippen LogP contribution < -0.4 is 5.32 Å². The Bertz CT molecular complexity index is 535. The number of piperazine rings is 1. The molecule has 2 N–H and O–H groups in total. The maximum atomic E-state index is 3.42. The molecule has 0 atom stereocenters. The van der Waals surface area contributed by atoms with E-state index in [1.807, 2.05) is 6.20 Å². The normalized spacial score (nSPS) is 18.3. The van der Waals surface area contributed by atoms with Gasteiger partial charge in [-0.25, -0.2) is 0 Å². The van der Waals surface area contributed by atoms with Crippen LogP contribution in [0, 0.1) is 0 Å². The third-order valence-electron chi connectivity index (χ3n) is 4.17. The van der Waals surface area contributed by atoms with Gasteiger partial charge in [0, 0.05) is 43.4 Å². The van der Waals surface area contributed by atoms with Crippen LogP contribution in [-0.2, 0) is 5.54 Å². The third-order valence-corrected chi connectivity index (χ3v) is 4.17. The van der Waals surface area contributed by atoms with E-state index < -0.39 is 0 Å². The highest BCUT2D eigenvalue weighted by atomic mass is 15.2. The van der Waals surface area contributed by atoms with Crippen LogP contribution in [0.25, 0.3) is 10.9 Å². The number of hydrogen-bond donors (Lipinski definition) is 2. The standard InChI is InChI=1S/C15H21N3/c1-15(2,18-9-7-16-8-10-18)13-3-4-14-12(11-13)5-6-17-14/h3-6,11,16-17H,7-10H2,1-2H3. The van der Waals surface area contributed by atoms with Crippen LogP contribution >= 0.6 is 0 Å². The SMILES string of the molecule is CC(C)(c1ccc2[nH]ccc2c1)N1CCNCC1. The predicted molar refractivity (Wildman–Crippen MR) is 75.8 cm³/mol.